The van der Waals surface area contributed by atoms with Gasteiger partial charge in [0.15, 0.2) is 5.82 Å². The number of halogens is 1. The summed E-state index contributed by atoms with van der Waals surface area (Å²) in [6.45, 7) is 0.892. The molecule has 0 aliphatic carbocycles. The van der Waals surface area contributed by atoms with Crippen molar-refractivity contribution in [3.63, 3.8) is 0 Å². The third-order valence-corrected chi connectivity index (χ3v) is 2.85. The van der Waals surface area contributed by atoms with Crippen LogP contribution in [0, 0.1) is 0 Å². The van der Waals surface area contributed by atoms with E-state index in [1.807, 2.05) is 16.8 Å². The van der Waals surface area contributed by atoms with Gasteiger partial charge >= 0.3 is 0 Å². The molecule has 1 aromatic heterocycles. The second kappa shape index (κ2) is 2.82. The van der Waals surface area contributed by atoms with Gasteiger partial charge in [0.1, 0.15) is 6.33 Å². The Morgan fingerprint density at radius 1 is 1.36 bits per heavy atom. The van der Waals surface area contributed by atoms with Gasteiger partial charge in [-0.15, -0.1) is 0 Å². The molecule has 2 aromatic rings. The molecule has 0 fully saturated rings. The summed E-state index contributed by atoms with van der Waals surface area (Å²) in [5.74, 6) is 0.886. The van der Waals surface area contributed by atoms with Crippen LogP contribution in [0.3, 0.4) is 0 Å². The fourth-order valence-electron chi connectivity index (χ4n) is 1.88. The van der Waals surface area contributed by atoms with E-state index in [9.17, 15) is 0 Å². The van der Waals surface area contributed by atoms with Crippen molar-refractivity contribution < 1.29 is 0 Å². The Bertz CT molecular complexity index is 490. The van der Waals surface area contributed by atoms with Crippen molar-refractivity contribution in [2.24, 2.45) is 0 Å². The number of hydrogen-bond acceptors (Lipinski definition) is 2. The average molecular weight is 206 g/mol. The van der Waals surface area contributed by atoms with E-state index in [1.165, 1.54) is 5.56 Å². The van der Waals surface area contributed by atoms with E-state index < -0.39 is 0 Å². The Hall–Kier alpha value is -1.35. The van der Waals surface area contributed by atoms with Gasteiger partial charge in [-0.1, -0.05) is 23.7 Å². The molecule has 3 nitrogen and oxygen atoms in total. The quantitative estimate of drug-likeness (QED) is 0.660. The Morgan fingerprint density at radius 2 is 2.29 bits per heavy atom. The molecule has 0 saturated heterocycles. The second-order valence-corrected chi connectivity index (χ2v) is 3.74. The molecule has 0 radical (unpaired) electrons. The zero-order valence-corrected chi connectivity index (χ0v) is 8.20. The molecular weight excluding hydrogens is 198 g/mol. The van der Waals surface area contributed by atoms with E-state index in [0.717, 1.165) is 29.4 Å². The monoisotopic (exact) mass is 205 g/mol. The van der Waals surface area contributed by atoms with Gasteiger partial charge in [-0.05, 0) is 18.1 Å². The molecule has 0 bridgehead atoms. The first-order valence-electron chi connectivity index (χ1n) is 4.52. The highest BCUT2D eigenvalue weighted by atomic mass is 35.5. The first-order valence-corrected chi connectivity index (χ1v) is 4.89. The first-order chi connectivity index (χ1) is 6.86. The van der Waals surface area contributed by atoms with Crippen molar-refractivity contribution in [1.29, 1.82) is 0 Å². The van der Waals surface area contributed by atoms with Gasteiger partial charge in [0.2, 0.25) is 0 Å². The molecule has 0 unspecified atom stereocenters. The van der Waals surface area contributed by atoms with Crippen molar-refractivity contribution in [3.05, 3.63) is 35.1 Å². The molecule has 70 valence electrons. The molecule has 0 N–H and O–H groups in total. The number of nitrogens with zero attached hydrogens (tertiary/aromatic N) is 3. The summed E-state index contributed by atoms with van der Waals surface area (Å²) < 4.78 is 1.90. The Labute approximate surface area is 86.3 Å². The SMILES string of the molecule is Clc1cccc2c1-c1ncnn1CC2. The zero-order chi connectivity index (χ0) is 9.54. The number of rotatable bonds is 0. The smallest absolute Gasteiger partial charge is 0.159 e. The number of aryl methyl sites for hydroxylation is 2. The fourth-order valence-corrected chi connectivity index (χ4v) is 2.15. The van der Waals surface area contributed by atoms with Crippen LogP contribution in [0.5, 0.6) is 0 Å². The van der Waals surface area contributed by atoms with Crippen LogP contribution in [0.4, 0.5) is 0 Å². The largest absolute Gasteiger partial charge is 0.245 e. The summed E-state index contributed by atoms with van der Waals surface area (Å²) in [5.41, 5.74) is 2.30. The van der Waals surface area contributed by atoms with E-state index in [0.29, 0.717) is 0 Å². The van der Waals surface area contributed by atoms with Gasteiger partial charge < -0.3 is 0 Å². The van der Waals surface area contributed by atoms with Gasteiger partial charge in [0, 0.05) is 12.1 Å². The Kier molecular flexibility index (Phi) is 1.61. The summed E-state index contributed by atoms with van der Waals surface area (Å²) in [5, 5.41) is 4.90. The lowest BCUT2D eigenvalue weighted by Crippen LogP contribution is -2.12. The van der Waals surface area contributed by atoms with Crippen LogP contribution >= 0.6 is 11.6 Å². The minimum atomic E-state index is 0.761. The van der Waals surface area contributed by atoms with Crippen LogP contribution < -0.4 is 0 Å². The summed E-state index contributed by atoms with van der Waals surface area (Å²) in [6.07, 6.45) is 2.56. The van der Waals surface area contributed by atoms with Gasteiger partial charge in [-0.3, -0.25) is 0 Å². The predicted molar refractivity (Wildman–Crippen MR) is 54.2 cm³/mol. The number of benzene rings is 1. The lowest BCUT2D eigenvalue weighted by molar-refractivity contribution is 0.605. The molecule has 3 rings (SSSR count). The second-order valence-electron chi connectivity index (χ2n) is 3.33. The maximum atomic E-state index is 6.15. The molecule has 1 aliphatic heterocycles. The van der Waals surface area contributed by atoms with Gasteiger partial charge in [-0.25, -0.2) is 9.67 Å². The topological polar surface area (TPSA) is 30.7 Å². The molecule has 1 aromatic carbocycles. The summed E-state index contributed by atoms with van der Waals surface area (Å²) in [6, 6.07) is 5.97. The van der Waals surface area contributed by atoms with Crippen LogP contribution in [0.25, 0.3) is 11.4 Å². The van der Waals surface area contributed by atoms with E-state index in [1.54, 1.807) is 6.33 Å². The van der Waals surface area contributed by atoms with Crippen LogP contribution in [-0.4, -0.2) is 14.8 Å². The van der Waals surface area contributed by atoms with Gasteiger partial charge in [0.05, 0.1) is 5.02 Å². The van der Waals surface area contributed by atoms with Crippen LogP contribution in [-0.2, 0) is 13.0 Å². The molecule has 4 heteroatoms. The zero-order valence-electron chi connectivity index (χ0n) is 7.44. The van der Waals surface area contributed by atoms with Gasteiger partial charge in [-0.2, -0.15) is 5.10 Å². The maximum Gasteiger partial charge on any atom is 0.159 e. The van der Waals surface area contributed by atoms with E-state index in [4.69, 9.17) is 11.6 Å². The van der Waals surface area contributed by atoms with Crippen LogP contribution in [0.15, 0.2) is 24.5 Å². The van der Waals surface area contributed by atoms with Crippen molar-refractivity contribution >= 4 is 11.6 Å². The summed E-state index contributed by atoms with van der Waals surface area (Å²) in [7, 11) is 0. The maximum absolute atomic E-state index is 6.15. The molecule has 0 saturated carbocycles. The van der Waals surface area contributed by atoms with Crippen molar-refractivity contribution in [2.75, 3.05) is 0 Å². The van der Waals surface area contributed by atoms with E-state index in [-0.39, 0.29) is 0 Å². The molecule has 1 aliphatic rings. The van der Waals surface area contributed by atoms with E-state index >= 15 is 0 Å². The minimum absolute atomic E-state index is 0.761. The van der Waals surface area contributed by atoms with E-state index in [2.05, 4.69) is 16.1 Å². The summed E-state index contributed by atoms with van der Waals surface area (Å²) in [4.78, 5) is 4.23. The molecule has 0 amide bonds. The first kappa shape index (κ1) is 8.00. The normalized spacial score (nSPS) is 13.5. The highest BCUT2D eigenvalue weighted by Gasteiger charge is 2.19. The number of hydrogen-bond donors (Lipinski definition) is 0. The molecule has 14 heavy (non-hydrogen) atoms. The van der Waals surface area contributed by atoms with Crippen molar-refractivity contribution in [2.45, 2.75) is 13.0 Å². The lowest BCUT2D eigenvalue weighted by atomic mass is 10.0. The average Bonchev–Trinajstić information content (AvgIpc) is 2.65. The number of aromatic nitrogens is 3. The minimum Gasteiger partial charge on any atom is -0.245 e. The van der Waals surface area contributed by atoms with Crippen LogP contribution in [0.2, 0.25) is 5.02 Å². The van der Waals surface area contributed by atoms with Crippen molar-refractivity contribution in [3.8, 4) is 11.4 Å². The standard InChI is InChI=1S/C10H8ClN3/c11-8-3-1-2-7-4-5-14-10(9(7)8)12-6-13-14/h1-3,6H,4-5H2. The Balaban J connectivity index is 2.34. The molecule has 0 spiro atoms. The third kappa shape index (κ3) is 0.990. The Morgan fingerprint density at radius 3 is 3.21 bits per heavy atom. The molecule has 2 heterocycles. The predicted octanol–water partition coefficient (Wildman–Crippen LogP) is 2.15. The summed E-state index contributed by atoms with van der Waals surface area (Å²) >= 11 is 6.15. The highest BCUT2D eigenvalue weighted by molar-refractivity contribution is 6.33. The number of fused-ring (bicyclic) bond motifs is 3. The third-order valence-electron chi connectivity index (χ3n) is 2.53. The molecule has 0 atom stereocenters. The van der Waals surface area contributed by atoms with Crippen molar-refractivity contribution in [1.82, 2.24) is 14.8 Å². The lowest BCUT2D eigenvalue weighted by Gasteiger charge is -2.17. The highest BCUT2D eigenvalue weighted by Crippen LogP contribution is 2.33. The molecular formula is C10H8ClN3. The fraction of sp³-hybridized carbons (Fsp3) is 0.200. The van der Waals surface area contributed by atoms with Crippen LogP contribution in [0.1, 0.15) is 5.56 Å². The van der Waals surface area contributed by atoms with Gasteiger partial charge in [0.25, 0.3) is 0 Å².